The number of hydrogen-bond donors (Lipinski definition) is 2. The molecule has 3 amide bonds. The molecule has 0 spiro atoms. The quantitative estimate of drug-likeness (QED) is 0.884. The van der Waals surface area contributed by atoms with Crippen molar-refractivity contribution in [2.75, 3.05) is 6.54 Å². The molecule has 6 nitrogen and oxygen atoms in total. The largest absolute Gasteiger partial charge is 0.476 e. The SMILES string of the molecule is CCNC(=O)NC(=O)[C@H](Oc1ccc(C#N)cc1)c1ccccc1. The summed E-state index contributed by atoms with van der Waals surface area (Å²) in [6.45, 7) is 2.16. The maximum atomic E-state index is 12.4. The van der Waals surface area contributed by atoms with E-state index in [1.807, 2.05) is 12.1 Å². The van der Waals surface area contributed by atoms with Gasteiger partial charge < -0.3 is 10.1 Å². The molecule has 2 aromatic carbocycles. The fourth-order valence-electron chi connectivity index (χ4n) is 2.03. The number of urea groups is 1. The van der Waals surface area contributed by atoms with E-state index < -0.39 is 18.0 Å². The van der Waals surface area contributed by atoms with Gasteiger partial charge in [-0.2, -0.15) is 5.26 Å². The summed E-state index contributed by atoms with van der Waals surface area (Å²) in [5.41, 5.74) is 1.11. The zero-order valence-electron chi connectivity index (χ0n) is 13.2. The van der Waals surface area contributed by atoms with Crippen LogP contribution in [0, 0.1) is 11.3 Å². The first-order chi connectivity index (χ1) is 11.6. The van der Waals surface area contributed by atoms with Gasteiger partial charge in [0.05, 0.1) is 11.6 Å². The molecule has 0 aromatic heterocycles. The van der Waals surface area contributed by atoms with E-state index in [9.17, 15) is 9.59 Å². The third-order valence-corrected chi connectivity index (χ3v) is 3.15. The van der Waals surface area contributed by atoms with Crippen molar-refractivity contribution in [1.29, 1.82) is 5.26 Å². The van der Waals surface area contributed by atoms with Crippen LogP contribution in [-0.4, -0.2) is 18.5 Å². The number of carbonyl (C=O) groups excluding carboxylic acids is 2. The monoisotopic (exact) mass is 323 g/mol. The number of carbonyl (C=O) groups is 2. The molecule has 0 saturated heterocycles. The summed E-state index contributed by atoms with van der Waals surface area (Å²) in [7, 11) is 0. The zero-order chi connectivity index (χ0) is 17.4. The number of nitrogens with zero attached hydrogens (tertiary/aromatic N) is 1. The summed E-state index contributed by atoms with van der Waals surface area (Å²) in [4.78, 5) is 24.0. The van der Waals surface area contributed by atoms with Crippen LogP contribution in [0.2, 0.25) is 0 Å². The Hall–Kier alpha value is -3.33. The lowest BCUT2D eigenvalue weighted by molar-refractivity contribution is -0.127. The second-order valence-corrected chi connectivity index (χ2v) is 4.89. The smallest absolute Gasteiger partial charge is 0.321 e. The van der Waals surface area contributed by atoms with Gasteiger partial charge in [-0.25, -0.2) is 4.79 Å². The molecule has 122 valence electrons. The van der Waals surface area contributed by atoms with E-state index in [1.54, 1.807) is 55.5 Å². The minimum atomic E-state index is -0.984. The Labute approximate surface area is 140 Å². The number of benzene rings is 2. The Balaban J connectivity index is 2.21. The van der Waals surface area contributed by atoms with Gasteiger partial charge in [0.15, 0.2) is 0 Å². The molecular formula is C18H17N3O3. The predicted molar refractivity (Wildman–Crippen MR) is 88.2 cm³/mol. The molecule has 0 radical (unpaired) electrons. The molecule has 0 unspecified atom stereocenters. The number of hydrogen-bond acceptors (Lipinski definition) is 4. The van der Waals surface area contributed by atoms with Crippen molar-refractivity contribution in [2.24, 2.45) is 0 Å². The maximum absolute atomic E-state index is 12.4. The first kappa shape index (κ1) is 17.0. The lowest BCUT2D eigenvalue weighted by Crippen LogP contribution is -2.42. The summed E-state index contributed by atoms with van der Waals surface area (Å²) < 4.78 is 5.74. The van der Waals surface area contributed by atoms with Crippen molar-refractivity contribution >= 4 is 11.9 Å². The topological polar surface area (TPSA) is 91.2 Å². The van der Waals surface area contributed by atoms with Crippen LogP contribution < -0.4 is 15.4 Å². The number of ether oxygens (including phenoxy) is 1. The van der Waals surface area contributed by atoms with Crippen LogP contribution in [0.25, 0.3) is 0 Å². The molecule has 0 saturated carbocycles. The van der Waals surface area contributed by atoms with Gasteiger partial charge in [0, 0.05) is 12.1 Å². The molecule has 0 bridgehead atoms. The number of nitrogens with one attached hydrogen (secondary N) is 2. The van der Waals surface area contributed by atoms with Crippen LogP contribution in [0.1, 0.15) is 24.2 Å². The molecule has 2 rings (SSSR count). The highest BCUT2D eigenvalue weighted by Crippen LogP contribution is 2.22. The van der Waals surface area contributed by atoms with E-state index >= 15 is 0 Å². The van der Waals surface area contributed by atoms with Gasteiger partial charge in [0.2, 0.25) is 6.10 Å². The van der Waals surface area contributed by atoms with E-state index in [-0.39, 0.29) is 0 Å². The van der Waals surface area contributed by atoms with Gasteiger partial charge in [-0.15, -0.1) is 0 Å². The molecule has 6 heteroatoms. The van der Waals surface area contributed by atoms with Crippen molar-refractivity contribution in [3.63, 3.8) is 0 Å². The van der Waals surface area contributed by atoms with Gasteiger partial charge >= 0.3 is 6.03 Å². The highest BCUT2D eigenvalue weighted by Gasteiger charge is 2.24. The molecule has 0 heterocycles. The van der Waals surface area contributed by atoms with E-state index in [4.69, 9.17) is 10.00 Å². The van der Waals surface area contributed by atoms with Crippen LogP contribution in [0.5, 0.6) is 5.75 Å². The number of imide groups is 1. The standard InChI is InChI=1S/C18H17N3O3/c1-2-20-18(23)21-17(22)16(14-6-4-3-5-7-14)24-15-10-8-13(12-19)9-11-15/h3-11,16H,2H2,1H3,(H2,20,21,22,23)/t16-/m1/s1. The van der Waals surface area contributed by atoms with Crippen molar-refractivity contribution in [2.45, 2.75) is 13.0 Å². The lowest BCUT2D eigenvalue weighted by atomic mass is 10.1. The van der Waals surface area contributed by atoms with E-state index in [2.05, 4.69) is 10.6 Å². The molecule has 1 atom stereocenters. The summed E-state index contributed by atoms with van der Waals surface area (Å²) in [5, 5.41) is 13.6. The Morgan fingerprint density at radius 3 is 2.38 bits per heavy atom. The lowest BCUT2D eigenvalue weighted by Gasteiger charge is -2.19. The number of nitriles is 1. The molecule has 24 heavy (non-hydrogen) atoms. The third kappa shape index (κ3) is 4.58. The highest BCUT2D eigenvalue weighted by molar-refractivity contribution is 5.97. The minimum Gasteiger partial charge on any atom is -0.476 e. The van der Waals surface area contributed by atoms with Crippen molar-refractivity contribution in [3.8, 4) is 11.8 Å². The molecule has 0 aliphatic rings. The average Bonchev–Trinajstić information content (AvgIpc) is 2.61. The minimum absolute atomic E-state index is 0.408. The second kappa shape index (κ2) is 8.34. The fourth-order valence-corrected chi connectivity index (χ4v) is 2.03. The number of amides is 3. The van der Waals surface area contributed by atoms with Gasteiger partial charge in [-0.3, -0.25) is 10.1 Å². The third-order valence-electron chi connectivity index (χ3n) is 3.15. The van der Waals surface area contributed by atoms with Crippen LogP contribution in [0.15, 0.2) is 54.6 Å². The van der Waals surface area contributed by atoms with Crippen molar-refractivity contribution in [3.05, 3.63) is 65.7 Å². The van der Waals surface area contributed by atoms with Gasteiger partial charge in [0.25, 0.3) is 5.91 Å². The van der Waals surface area contributed by atoms with Crippen LogP contribution in [0.4, 0.5) is 4.79 Å². The summed E-state index contributed by atoms with van der Waals surface area (Å²) in [6.07, 6.45) is -0.984. The second-order valence-electron chi connectivity index (χ2n) is 4.89. The average molecular weight is 323 g/mol. The van der Waals surface area contributed by atoms with Crippen LogP contribution in [0.3, 0.4) is 0 Å². The Morgan fingerprint density at radius 2 is 1.79 bits per heavy atom. The Morgan fingerprint density at radius 1 is 1.12 bits per heavy atom. The molecule has 0 fully saturated rings. The Bertz CT molecular complexity index is 736. The first-order valence-corrected chi connectivity index (χ1v) is 7.44. The van der Waals surface area contributed by atoms with E-state index in [1.165, 1.54) is 0 Å². The molecular weight excluding hydrogens is 306 g/mol. The Kier molecular flexibility index (Phi) is 5.92. The van der Waals surface area contributed by atoms with Crippen LogP contribution >= 0.6 is 0 Å². The summed E-state index contributed by atoms with van der Waals surface area (Å²) >= 11 is 0. The number of rotatable bonds is 5. The summed E-state index contributed by atoms with van der Waals surface area (Å²) in [6, 6.07) is 16.7. The van der Waals surface area contributed by atoms with Crippen LogP contribution in [-0.2, 0) is 4.79 Å². The van der Waals surface area contributed by atoms with E-state index in [0.29, 0.717) is 23.4 Å². The van der Waals surface area contributed by atoms with Crippen molar-refractivity contribution < 1.29 is 14.3 Å². The van der Waals surface area contributed by atoms with Gasteiger partial charge in [0.1, 0.15) is 5.75 Å². The van der Waals surface area contributed by atoms with Gasteiger partial charge in [-0.05, 0) is 31.2 Å². The van der Waals surface area contributed by atoms with Crippen molar-refractivity contribution in [1.82, 2.24) is 10.6 Å². The molecule has 2 N–H and O–H groups in total. The molecule has 0 aliphatic heterocycles. The normalized spacial score (nSPS) is 11.0. The highest BCUT2D eigenvalue weighted by atomic mass is 16.5. The maximum Gasteiger partial charge on any atom is 0.321 e. The predicted octanol–water partition coefficient (Wildman–Crippen LogP) is 2.52. The zero-order valence-corrected chi connectivity index (χ0v) is 13.2. The van der Waals surface area contributed by atoms with Gasteiger partial charge in [-0.1, -0.05) is 30.3 Å². The summed E-state index contributed by atoms with van der Waals surface area (Å²) in [5.74, 6) is -0.148. The fraction of sp³-hybridized carbons (Fsp3) is 0.167. The molecule has 0 aliphatic carbocycles. The first-order valence-electron chi connectivity index (χ1n) is 7.44. The van der Waals surface area contributed by atoms with E-state index in [0.717, 1.165) is 0 Å². The molecule has 2 aromatic rings.